The Kier molecular flexibility index (Phi) is 5.57. The molecular weight excluding hydrogens is 571 g/mol. The lowest BCUT2D eigenvalue weighted by Crippen LogP contribution is -1.95. The summed E-state index contributed by atoms with van der Waals surface area (Å²) in [6.45, 7) is 0. The largest absolute Gasteiger partial charge is 0.309 e. The average molecular weight is 598 g/mol. The number of para-hydroxylation sites is 1. The summed E-state index contributed by atoms with van der Waals surface area (Å²) in [4.78, 5) is 9.87. The van der Waals surface area contributed by atoms with Gasteiger partial charge in [0.15, 0.2) is 0 Å². The van der Waals surface area contributed by atoms with Crippen LogP contribution >= 0.6 is 0 Å². The van der Waals surface area contributed by atoms with E-state index < -0.39 is 0 Å². The Bertz CT molecular complexity index is 2860. The third kappa shape index (κ3) is 3.93. The number of pyridine rings is 2. The molecule has 47 heavy (non-hydrogen) atoms. The highest BCUT2D eigenvalue weighted by molar-refractivity contribution is 6.13. The van der Waals surface area contributed by atoms with E-state index in [0.717, 1.165) is 33.1 Å². The van der Waals surface area contributed by atoms with Crippen LogP contribution in [0.1, 0.15) is 0 Å². The van der Waals surface area contributed by atoms with Crippen LogP contribution in [0.25, 0.3) is 93.2 Å². The topological polar surface area (TPSA) is 30.7 Å². The Labute approximate surface area is 271 Å². The van der Waals surface area contributed by atoms with E-state index in [0.29, 0.717) is 0 Å². The molecule has 0 bridgehead atoms. The second-order valence-corrected chi connectivity index (χ2v) is 12.2. The predicted molar refractivity (Wildman–Crippen MR) is 197 cm³/mol. The Balaban J connectivity index is 1.17. The van der Waals surface area contributed by atoms with Crippen LogP contribution in [0.15, 0.2) is 164 Å². The van der Waals surface area contributed by atoms with Crippen molar-refractivity contribution in [2.45, 2.75) is 0 Å². The predicted octanol–water partition coefficient (Wildman–Crippen LogP) is 11.5. The van der Waals surface area contributed by atoms with Crippen molar-refractivity contribution in [3.63, 3.8) is 0 Å². The zero-order valence-corrected chi connectivity index (χ0v) is 25.4. The summed E-state index contributed by atoms with van der Waals surface area (Å²) in [5.41, 5.74) is 9.95. The fourth-order valence-corrected chi connectivity index (χ4v) is 7.45. The SMILES string of the molecule is c1ccc2c(-n3c4ccccc4c4cc(-c5ccc(-c6ccc7ccc8cccnc8c7n6)c6ccccc56)ccc43)cccc2c1. The molecule has 0 N–H and O–H groups in total. The zero-order valence-electron chi connectivity index (χ0n) is 25.4. The van der Waals surface area contributed by atoms with Crippen LogP contribution in [-0.4, -0.2) is 14.5 Å². The fourth-order valence-electron chi connectivity index (χ4n) is 7.45. The van der Waals surface area contributed by atoms with Crippen molar-refractivity contribution >= 4 is 65.2 Å². The number of benzene rings is 7. The van der Waals surface area contributed by atoms with Gasteiger partial charge in [0.05, 0.1) is 33.4 Å². The van der Waals surface area contributed by atoms with Gasteiger partial charge in [0, 0.05) is 38.7 Å². The first-order chi connectivity index (χ1) is 23.3. The maximum Gasteiger partial charge on any atom is 0.0972 e. The molecule has 3 heterocycles. The number of hydrogen-bond acceptors (Lipinski definition) is 2. The molecule has 10 aromatic rings. The highest BCUT2D eigenvalue weighted by Crippen LogP contribution is 2.40. The van der Waals surface area contributed by atoms with Gasteiger partial charge in [0.1, 0.15) is 0 Å². The van der Waals surface area contributed by atoms with Crippen LogP contribution in [-0.2, 0) is 0 Å². The van der Waals surface area contributed by atoms with Gasteiger partial charge < -0.3 is 4.57 Å². The molecule has 0 amide bonds. The van der Waals surface area contributed by atoms with Crippen LogP contribution in [0.5, 0.6) is 0 Å². The molecule has 0 spiro atoms. The molecule has 0 saturated carbocycles. The molecule has 0 fully saturated rings. The van der Waals surface area contributed by atoms with Crippen molar-refractivity contribution in [1.82, 2.24) is 14.5 Å². The summed E-state index contributed by atoms with van der Waals surface area (Å²) >= 11 is 0. The van der Waals surface area contributed by atoms with Crippen LogP contribution in [0, 0.1) is 0 Å². The summed E-state index contributed by atoms with van der Waals surface area (Å²) in [5, 5.41) is 9.57. The third-order valence-electron chi connectivity index (χ3n) is 9.62. The van der Waals surface area contributed by atoms with Crippen LogP contribution in [0.3, 0.4) is 0 Å². The summed E-state index contributed by atoms with van der Waals surface area (Å²) in [5.74, 6) is 0. The first-order valence-electron chi connectivity index (χ1n) is 16.0. The Morgan fingerprint density at radius 2 is 1.06 bits per heavy atom. The van der Waals surface area contributed by atoms with Crippen molar-refractivity contribution in [3.8, 4) is 28.1 Å². The van der Waals surface area contributed by atoms with E-state index in [1.807, 2.05) is 12.3 Å². The van der Waals surface area contributed by atoms with E-state index in [1.165, 1.54) is 60.2 Å². The van der Waals surface area contributed by atoms with E-state index in [2.05, 4.69) is 161 Å². The van der Waals surface area contributed by atoms with E-state index in [9.17, 15) is 0 Å². The van der Waals surface area contributed by atoms with Crippen LogP contribution < -0.4 is 0 Å². The second kappa shape index (κ2) is 10.1. The smallest absolute Gasteiger partial charge is 0.0972 e. The summed E-state index contributed by atoms with van der Waals surface area (Å²) < 4.78 is 2.42. The molecule has 0 atom stereocenters. The molecule has 0 aliphatic carbocycles. The molecule has 3 nitrogen and oxygen atoms in total. The van der Waals surface area contributed by atoms with Gasteiger partial charge in [0.25, 0.3) is 0 Å². The van der Waals surface area contributed by atoms with Crippen molar-refractivity contribution in [2.24, 2.45) is 0 Å². The van der Waals surface area contributed by atoms with Gasteiger partial charge in [-0.1, -0.05) is 121 Å². The molecule has 3 heteroatoms. The maximum atomic E-state index is 5.19. The lowest BCUT2D eigenvalue weighted by atomic mass is 9.93. The fraction of sp³-hybridized carbons (Fsp3) is 0. The highest BCUT2D eigenvalue weighted by Gasteiger charge is 2.17. The molecule has 0 saturated heterocycles. The second-order valence-electron chi connectivity index (χ2n) is 12.2. The van der Waals surface area contributed by atoms with Crippen molar-refractivity contribution < 1.29 is 0 Å². The van der Waals surface area contributed by atoms with Gasteiger partial charge in [0.2, 0.25) is 0 Å². The first-order valence-corrected chi connectivity index (χ1v) is 16.0. The Morgan fingerprint density at radius 1 is 0.404 bits per heavy atom. The van der Waals surface area contributed by atoms with Crippen LogP contribution in [0.2, 0.25) is 0 Å². The molecule has 218 valence electrons. The minimum atomic E-state index is 0.932. The van der Waals surface area contributed by atoms with E-state index in [-0.39, 0.29) is 0 Å². The average Bonchev–Trinajstić information content (AvgIpc) is 3.47. The Hall–Kier alpha value is -6.32. The number of fused-ring (bicyclic) bond motifs is 8. The molecule has 10 rings (SSSR count). The van der Waals surface area contributed by atoms with Crippen molar-refractivity contribution in [2.75, 3.05) is 0 Å². The van der Waals surface area contributed by atoms with Gasteiger partial charge in [-0.2, -0.15) is 0 Å². The molecule has 0 aliphatic rings. The van der Waals surface area contributed by atoms with Gasteiger partial charge in [-0.3, -0.25) is 4.98 Å². The van der Waals surface area contributed by atoms with Gasteiger partial charge in [-0.25, -0.2) is 4.98 Å². The van der Waals surface area contributed by atoms with Gasteiger partial charge >= 0.3 is 0 Å². The summed E-state index contributed by atoms with van der Waals surface area (Å²) in [7, 11) is 0. The summed E-state index contributed by atoms with van der Waals surface area (Å²) in [6.07, 6.45) is 1.84. The molecule has 0 unspecified atom stereocenters. The van der Waals surface area contributed by atoms with Gasteiger partial charge in [-0.05, 0) is 63.7 Å². The standard InChI is InChI=1S/C44H27N3/c1-2-12-33-28(9-1)10-7-17-40(33)47-41-16-6-5-15-37(41)38-27-31(21-25-42(38)47)32-22-23-36(35-14-4-3-13-34(32)35)39-24-20-30-19-18-29-11-8-26-45-43(29)44(30)46-39/h1-27H. The van der Waals surface area contributed by atoms with Crippen LogP contribution in [0.4, 0.5) is 0 Å². The lowest BCUT2D eigenvalue weighted by molar-refractivity contribution is 1.20. The summed E-state index contributed by atoms with van der Waals surface area (Å²) in [6, 6.07) is 56.7. The first kappa shape index (κ1) is 26.0. The zero-order chi connectivity index (χ0) is 30.9. The minimum absolute atomic E-state index is 0.932. The molecule has 3 aromatic heterocycles. The monoisotopic (exact) mass is 597 g/mol. The van der Waals surface area contributed by atoms with Gasteiger partial charge in [-0.15, -0.1) is 0 Å². The molecular formula is C44H27N3. The third-order valence-corrected chi connectivity index (χ3v) is 9.62. The Morgan fingerprint density at radius 3 is 1.96 bits per heavy atom. The molecule has 0 radical (unpaired) electrons. The normalized spacial score (nSPS) is 11.8. The lowest BCUT2D eigenvalue weighted by Gasteiger charge is -2.14. The number of rotatable bonds is 3. The van der Waals surface area contributed by atoms with E-state index in [1.54, 1.807) is 0 Å². The van der Waals surface area contributed by atoms with Crippen molar-refractivity contribution in [1.29, 1.82) is 0 Å². The maximum absolute atomic E-state index is 5.19. The number of hydrogen-bond donors (Lipinski definition) is 0. The van der Waals surface area contributed by atoms with E-state index in [4.69, 9.17) is 4.98 Å². The van der Waals surface area contributed by atoms with E-state index >= 15 is 0 Å². The quantitative estimate of drug-likeness (QED) is 0.190. The minimum Gasteiger partial charge on any atom is -0.309 e. The molecule has 7 aromatic carbocycles. The number of aromatic nitrogens is 3. The van der Waals surface area contributed by atoms with Crippen molar-refractivity contribution in [3.05, 3.63) is 164 Å². The highest BCUT2D eigenvalue weighted by atomic mass is 15.0. The number of nitrogens with zero attached hydrogens (tertiary/aromatic N) is 3. The molecule has 0 aliphatic heterocycles.